The number of anilines is 3. The van der Waals surface area contributed by atoms with Crippen LogP contribution in [0.1, 0.15) is 5.56 Å². The lowest BCUT2D eigenvalue weighted by atomic mass is 10.1. The van der Waals surface area contributed by atoms with Crippen molar-refractivity contribution in [1.82, 2.24) is 0 Å². The summed E-state index contributed by atoms with van der Waals surface area (Å²) in [6.07, 6.45) is 0.851. The maximum atomic E-state index is 6.00. The van der Waals surface area contributed by atoms with E-state index in [0.29, 0.717) is 12.3 Å². The van der Waals surface area contributed by atoms with Crippen LogP contribution in [0.15, 0.2) is 42.5 Å². The number of benzene rings is 2. The Hall–Kier alpha value is -2.20. The molecule has 2 aromatic rings. The van der Waals surface area contributed by atoms with Crippen molar-refractivity contribution in [2.45, 2.75) is 6.42 Å². The van der Waals surface area contributed by atoms with Crippen molar-refractivity contribution >= 4 is 17.1 Å². The van der Waals surface area contributed by atoms with Crippen LogP contribution in [0.3, 0.4) is 0 Å². The summed E-state index contributed by atoms with van der Waals surface area (Å²) in [6, 6.07) is 13.7. The molecule has 20 heavy (non-hydrogen) atoms. The first-order chi connectivity index (χ1) is 9.74. The van der Waals surface area contributed by atoms with Gasteiger partial charge in [-0.25, -0.2) is 0 Å². The van der Waals surface area contributed by atoms with Crippen molar-refractivity contribution in [2.75, 3.05) is 31.9 Å². The van der Waals surface area contributed by atoms with E-state index >= 15 is 0 Å². The molecule has 0 aromatic heterocycles. The summed E-state index contributed by atoms with van der Waals surface area (Å²) in [5.41, 5.74) is 9.75. The van der Waals surface area contributed by atoms with Gasteiger partial charge in [-0.05, 0) is 30.2 Å². The van der Waals surface area contributed by atoms with E-state index in [9.17, 15) is 0 Å². The summed E-state index contributed by atoms with van der Waals surface area (Å²) in [5.74, 6) is 0.774. The minimum Gasteiger partial charge on any atom is -0.497 e. The molecule has 3 N–H and O–H groups in total. The molecule has 0 atom stereocenters. The van der Waals surface area contributed by atoms with Crippen LogP contribution < -0.4 is 15.8 Å². The Morgan fingerprint density at radius 1 is 1.05 bits per heavy atom. The second kappa shape index (κ2) is 6.82. The molecule has 2 aromatic carbocycles. The van der Waals surface area contributed by atoms with Gasteiger partial charge < -0.3 is 20.5 Å². The number of hydrogen-bond donors (Lipinski definition) is 2. The number of rotatable bonds is 6. The Morgan fingerprint density at radius 3 is 2.60 bits per heavy atom. The van der Waals surface area contributed by atoms with Gasteiger partial charge in [-0.1, -0.05) is 18.2 Å². The molecule has 0 saturated heterocycles. The van der Waals surface area contributed by atoms with E-state index in [-0.39, 0.29) is 0 Å². The number of hydrogen-bond acceptors (Lipinski definition) is 4. The number of nitrogens with one attached hydrogen (secondary N) is 1. The molecule has 0 fully saturated rings. The van der Waals surface area contributed by atoms with Crippen LogP contribution in [0.4, 0.5) is 17.1 Å². The number of ether oxygens (including phenoxy) is 2. The fraction of sp³-hybridized carbons (Fsp3) is 0.250. The zero-order chi connectivity index (χ0) is 14.4. The third-order valence-corrected chi connectivity index (χ3v) is 3.12. The van der Waals surface area contributed by atoms with Crippen LogP contribution in [0.25, 0.3) is 0 Å². The van der Waals surface area contributed by atoms with Gasteiger partial charge in [0.1, 0.15) is 5.75 Å². The molecule has 0 saturated carbocycles. The maximum Gasteiger partial charge on any atom is 0.121 e. The number of nitrogens with two attached hydrogens (primary N) is 1. The molecule has 0 amide bonds. The highest BCUT2D eigenvalue weighted by molar-refractivity contribution is 5.75. The van der Waals surface area contributed by atoms with Crippen LogP contribution in [-0.2, 0) is 11.2 Å². The molecular formula is C16H20N2O2. The second-order valence-electron chi connectivity index (χ2n) is 4.48. The summed E-state index contributed by atoms with van der Waals surface area (Å²) in [6.45, 7) is 0.687. The molecule has 0 spiro atoms. The average Bonchev–Trinajstić information content (AvgIpc) is 2.48. The number of nitrogen functional groups attached to an aromatic ring is 1. The van der Waals surface area contributed by atoms with E-state index in [1.165, 1.54) is 5.56 Å². The first-order valence-corrected chi connectivity index (χ1v) is 6.52. The lowest BCUT2D eigenvalue weighted by Gasteiger charge is -2.14. The molecule has 0 heterocycles. The van der Waals surface area contributed by atoms with E-state index in [1.807, 2.05) is 36.4 Å². The van der Waals surface area contributed by atoms with Gasteiger partial charge in [-0.2, -0.15) is 0 Å². The zero-order valence-corrected chi connectivity index (χ0v) is 11.8. The van der Waals surface area contributed by atoms with Crippen molar-refractivity contribution in [3.05, 3.63) is 48.0 Å². The molecular weight excluding hydrogens is 252 g/mol. The van der Waals surface area contributed by atoms with E-state index in [1.54, 1.807) is 14.2 Å². The van der Waals surface area contributed by atoms with Crippen molar-refractivity contribution in [2.24, 2.45) is 0 Å². The summed E-state index contributed by atoms with van der Waals surface area (Å²) >= 11 is 0. The van der Waals surface area contributed by atoms with Crippen LogP contribution in [-0.4, -0.2) is 20.8 Å². The molecule has 0 bridgehead atoms. The van der Waals surface area contributed by atoms with Crippen molar-refractivity contribution in [3.8, 4) is 5.75 Å². The van der Waals surface area contributed by atoms with Gasteiger partial charge in [0.25, 0.3) is 0 Å². The third-order valence-electron chi connectivity index (χ3n) is 3.12. The molecule has 0 aliphatic carbocycles. The summed E-state index contributed by atoms with van der Waals surface area (Å²) < 4.78 is 10.4. The lowest BCUT2D eigenvalue weighted by molar-refractivity contribution is 0.202. The molecule has 0 unspecified atom stereocenters. The lowest BCUT2D eigenvalue weighted by Crippen LogP contribution is -2.02. The van der Waals surface area contributed by atoms with Gasteiger partial charge in [0.2, 0.25) is 0 Å². The number of methoxy groups -OCH3 is 2. The second-order valence-corrected chi connectivity index (χ2v) is 4.48. The van der Waals surface area contributed by atoms with Gasteiger partial charge in [0.15, 0.2) is 0 Å². The highest BCUT2D eigenvalue weighted by Gasteiger charge is 2.06. The van der Waals surface area contributed by atoms with Crippen molar-refractivity contribution in [3.63, 3.8) is 0 Å². The predicted octanol–water partition coefficient (Wildman–Crippen LogP) is 3.21. The summed E-state index contributed by atoms with van der Waals surface area (Å²) in [5, 5.41) is 3.36. The normalized spacial score (nSPS) is 10.3. The maximum absolute atomic E-state index is 6.00. The van der Waals surface area contributed by atoms with Gasteiger partial charge in [0, 0.05) is 18.9 Å². The Kier molecular flexibility index (Phi) is 4.85. The first kappa shape index (κ1) is 14.2. The van der Waals surface area contributed by atoms with Gasteiger partial charge in [-0.3, -0.25) is 0 Å². The monoisotopic (exact) mass is 272 g/mol. The van der Waals surface area contributed by atoms with Crippen molar-refractivity contribution in [1.29, 1.82) is 0 Å². The Labute approximate surface area is 119 Å². The average molecular weight is 272 g/mol. The highest BCUT2D eigenvalue weighted by Crippen LogP contribution is 2.29. The smallest absolute Gasteiger partial charge is 0.121 e. The van der Waals surface area contributed by atoms with Crippen LogP contribution in [0.5, 0.6) is 5.75 Å². The summed E-state index contributed by atoms with van der Waals surface area (Å²) in [4.78, 5) is 0. The van der Waals surface area contributed by atoms with E-state index in [0.717, 1.165) is 23.5 Å². The van der Waals surface area contributed by atoms with Gasteiger partial charge in [0.05, 0.1) is 25.1 Å². The summed E-state index contributed by atoms with van der Waals surface area (Å²) in [7, 11) is 3.35. The Morgan fingerprint density at radius 2 is 1.85 bits per heavy atom. The third kappa shape index (κ3) is 3.42. The molecule has 4 heteroatoms. The van der Waals surface area contributed by atoms with Gasteiger partial charge in [-0.15, -0.1) is 0 Å². The fourth-order valence-electron chi connectivity index (χ4n) is 1.99. The topological polar surface area (TPSA) is 56.5 Å². The van der Waals surface area contributed by atoms with Crippen molar-refractivity contribution < 1.29 is 9.47 Å². The van der Waals surface area contributed by atoms with E-state index in [2.05, 4.69) is 11.4 Å². The molecule has 2 rings (SSSR count). The molecule has 0 radical (unpaired) electrons. The first-order valence-electron chi connectivity index (χ1n) is 6.52. The SMILES string of the molecule is COCCc1ccccc1Nc1cc(OC)ccc1N. The Balaban J connectivity index is 2.25. The quantitative estimate of drug-likeness (QED) is 0.793. The van der Waals surface area contributed by atoms with Gasteiger partial charge >= 0.3 is 0 Å². The molecule has 0 aliphatic rings. The predicted molar refractivity (Wildman–Crippen MR) is 82.7 cm³/mol. The number of para-hydroxylation sites is 1. The standard InChI is InChI=1S/C16H20N2O2/c1-19-10-9-12-5-3-4-6-15(12)18-16-11-13(20-2)7-8-14(16)17/h3-8,11,18H,9-10,17H2,1-2H3. The zero-order valence-electron chi connectivity index (χ0n) is 11.8. The minimum atomic E-state index is 0.687. The fourth-order valence-corrected chi connectivity index (χ4v) is 1.99. The van der Waals surface area contributed by atoms with Crippen LogP contribution in [0.2, 0.25) is 0 Å². The van der Waals surface area contributed by atoms with E-state index < -0.39 is 0 Å². The Bertz CT molecular complexity index is 570. The van der Waals surface area contributed by atoms with E-state index in [4.69, 9.17) is 15.2 Å². The van der Waals surface area contributed by atoms with Crippen LogP contribution >= 0.6 is 0 Å². The highest BCUT2D eigenvalue weighted by atomic mass is 16.5. The minimum absolute atomic E-state index is 0.687. The van der Waals surface area contributed by atoms with Crippen LogP contribution in [0, 0.1) is 0 Å². The largest absolute Gasteiger partial charge is 0.497 e. The molecule has 0 aliphatic heterocycles. The molecule has 106 valence electrons. The molecule has 4 nitrogen and oxygen atoms in total.